The molecule has 0 aliphatic carbocycles. The van der Waals surface area contributed by atoms with Gasteiger partial charge in [0.2, 0.25) is 11.9 Å². The molecule has 0 radical (unpaired) electrons. The monoisotopic (exact) mass is 1040 g/mol. The van der Waals surface area contributed by atoms with Gasteiger partial charge < -0.3 is 41.3 Å². The first-order valence-electron chi connectivity index (χ1n) is 30.5. The van der Waals surface area contributed by atoms with Crippen LogP contribution in [0.25, 0.3) is 0 Å². The molecule has 0 saturated carbocycles. The lowest BCUT2D eigenvalue weighted by Gasteiger charge is -2.50. The Morgan fingerprint density at radius 2 is 0.781 bits per heavy atom. The number of anilines is 2. The van der Waals surface area contributed by atoms with E-state index in [4.69, 9.17) is 15.0 Å². The Morgan fingerprint density at radius 3 is 1.21 bits per heavy atom. The van der Waals surface area contributed by atoms with E-state index >= 15 is 0 Å². The van der Waals surface area contributed by atoms with Crippen LogP contribution in [0.1, 0.15) is 266 Å². The van der Waals surface area contributed by atoms with Crippen molar-refractivity contribution in [2.24, 2.45) is 0 Å². The lowest BCUT2D eigenvalue weighted by Crippen LogP contribution is -2.63. The maximum Gasteiger partial charge on any atom is 0.231 e. The van der Waals surface area contributed by atoms with Gasteiger partial charge >= 0.3 is 0 Å². The average molecular weight is 1040 g/mol. The topological polar surface area (TPSA) is 109 Å². The van der Waals surface area contributed by atoms with E-state index in [-0.39, 0.29) is 44.3 Å². The summed E-state index contributed by atoms with van der Waals surface area (Å²) in [6, 6.07) is 1.88. The Labute approximate surface area is 455 Å². The summed E-state index contributed by atoms with van der Waals surface area (Å²) in [5, 5.41) is 20.7. The number of hydrogen-bond acceptors (Lipinski definition) is 12. The molecule has 0 amide bonds. The highest BCUT2D eigenvalue weighted by Gasteiger charge is 2.44. The smallest absolute Gasteiger partial charge is 0.231 e. The fourth-order valence-electron chi connectivity index (χ4n) is 15.2. The fraction of sp³-hybridized carbons (Fsp3) is 0.951. The highest BCUT2D eigenvalue weighted by molar-refractivity contribution is 7.99. The molecule has 4 saturated heterocycles. The van der Waals surface area contributed by atoms with Crippen LogP contribution in [-0.4, -0.2) is 127 Å². The van der Waals surface area contributed by atoms with Crippen molar-refractivity contribution < 1.29 is 0 Å². The van der Waals surface area contributed by atoms with E-state index in [1.165, 1.54) is 109 Å². The summed E-state index contributed by atoms with van der Waals surface area (Å²) in [7, 11) is 0. The summed E-state index contributed by atoms with van der Waals surface area (Å²) in [4.78, 5) is 24.9. The van der Waals surface area contributed by atoms with Gasteiger partial charge in [0.05, 0.1) is 0 Å². The molecule has 4 fully saturated rings. The number of unbranched alkanes of at least 4 members (excludes halogenated alkanes) is 11. The van der Waals surface area contributed by atoms with Gasteiger partial charge in [0.25, 0.3) is 0 Å². The van der Waals surface area contributed by atoms with Crippen LogP contribution < -0.4 is 36.4 Å². The largest absolute Gasteiger partial charge is 0.338 e. The summed E-state index contributed by atoms with van der Waals surface area (Å²) in [5.74, 6) is 2.88. The Bertz CT molecular complexity index is 1730. The Kier molecular flexibility index (Phi) is 22.8. The maximum absolute atomic E-state index is 5.73. The van der Waals surface area contributed by atoms with Gasteiger partial charge in [-0.2, -0.15) is 15.0 Å². The zero-order valence-electron chi connectivity index (χ0n) is 51.2. The molecular formula is C61H119N11S. The molecule has 4 aliphatic rings. The number of hydrogen-bond donors (Lipinski definition) is 5. The zero-order valence-corrected chi connectivity index (χ0v) is 52.0. The Hall–Kier alpha value is -1.28. The van der Waals surface area contributed by atoms with Crippen LogP contribution in [0, 0.1) is 0 Å². The maximum atomic E-state index is 5.73. The molecule has 0 atom stereocenters. The van der Waals surface area contributed by atoms with Crippen LogP contribution in [0.4, 0.5) is 11.9 Å². The van der Waals surface area contributed by atoms with Gasteiger partial charge in [-0.15, -0.1) is 0 Å². The van der Waals surface area contributed by atoms with E-state index in [0.29, 0.717) is 24.2 Å². The molecule has 1 aromatic heterocycles. The number of piperidine rings is 4. The average Bonchev–Trinajstić information content (AvgIpc) is 3.20. The van der Waals surface area contributed by atoms with E-state index in [1.54, 1.807) is 0 Å². The minimum atomic E-state index is 0.00583. The minimum absolute atomic E-state index is 0.00583. The van der Waals surface area contributed by atoms with Crippen molar-refractivity contribution >= 4 is 23.7 Å². The molecule has 12 heteroatoms. The number of thioether (sulfide) groups is 1. The van der Waals surface area contributed by atoms with Crippen molar-refractivity contribution in [2.75, 3.05) is 48.3 Å². The second-order valence-corrected chi connectivity index (χ2v) is 30.6. The zero-order chi connectivity index (χ0) is 53.9. The van der Waals surface area contributed by atoms with Gasteiger partial charge in [-0.3, -0.25) is 0 Å². The van der Waals surface area contributed by atoms with Crippen LogP contribution in [0.2, 0.25) is 0 Å². The Balaban J connectivity index is 1.38. The highest BCUT2D eigenvalue weighted by Crippen LogP contribution is 2.38. The standard InChI is InChI=1S/C61H119N11S/c1-19-21-22-23-28-33-38-73-53-64-51(71(49-43-58(11,12)68-59(13,14)44-49)36-31-25-24-29-34-62-47-39-54(3,4)66-55(5,6)40-47)63-52(65-53)72(50-45-60(15,16)69-61(17,18)46-50)37-32-27-26-30-35-70(20-2)48-41-56(7,8)67-57(9,10)42-48/h47-50,62,66-69H,19-46H2,1-18H3. The van der Waals surface area contributed by atoms with E-state index < -0.39 is 0 Å². The van der Waals surface area contributed by atoms with Crippen LogP contribution in [0.15, 0.2) is 5.16 Å². The molecule has 0 spiro atoms. The lowest BCUT2D eigenvalue weighted by atomic mass is 9.79. The summed E-state index contributed by atoms with van der Waals surface area (Å²) in [6.07, 6.45) is 26.5. The molecule has 5 rings (SSSR count). The van der Waals surface area contributed by atoms with Gasteiger partial charge in [0, 0.05) is 87.3 Å². The molecule has 5 N–H and O–H groups in total. The highest BCUT2D eigenvalue weighted by atomic mass is 32.2. The van der Waals surface area contributed by atoms with Gasteiger partial charge in [0.15, 0.2) is 5.16 Å². The van der Waals surface area contributed by atoms with E-state index in [9.17, 15) is 0 Å². The normalized spacial score (nSPS) is 23.7. The number of aromatic nitrogens is 3. The summed E-state index contributed by atoms with van der Waals surface area (Å²) < 4.78 is 0. The third-order valence-electron chi connectivity index (χ3n) is 16.7. The van der Waals surface area contributed by atoms with Crippen LogP contribution in [0.3, 0.4) is 0 Å². The molecule has 11 nitrogen and oxygen atoms in total. The van der Waals surface area contributed by atoms with Gasteiger partial charge in [-0.05, 0) is 214 Å². The first-order chi connectivity index (χ1) is 33.9. The predicted molar refractivity (Wildman–Crippen MR) is 318 cm³/mol. The van der Waals surface area contributed by atoms with Crippen LogP contribution in [-0.2, 0) is 0 Å². The first-order valence-corrected chi connectivity index (χ1v) is 31.5. The SMILES string of the molecule is CCCCCCCCSc1nc(N(CCCCCCNC2CC(C)(C)NC(C)(C)C2)C2CC(C)(C)NC(C)(C)C2)nc(N(CCCCCCN(CC)C2CC(C)(C)NC(C)(C)C2)C2CC(C)(C)NC(C)(C)C2)n1. The molecule has 0 bridgehead atoms. The number of rotatable bonds is 29. The summed E-state index contributed by atoms with van der Waals surface area (Å²) >= 11 is 1.88. The van der Waals surface area contributed by atoms with E-state index in [2.05, 4.69) is 166 Å². The Morgan fingerprint density at radius 1 is 0.425 bits per heavy atom. The van der Waals surface area contributed by atoms with Crippen molar-refractivity contribution in [1.82, 2.24) is 46.4 Å². The molecule has 5 heterocycles. The van der Waals surface area contributed by atoms with Crippen molar-refractivity contribution in [3.05, 3.63) is 0 Å². The van der Waals surface area contributed by atoms with Crippen molar-refractivity contribution in [3.63, 3.8) is 0 Å². The fourth-order valence-corrected chi connectivity index (χ4v) is 16.0. The lowest BCUT2D eigenvalue weighted by molar-refractivity contribution is 0.0681. The molecule has 424 valence electrons. The summed E-state index contributed by atoms with van der Waals surface area (Å²) in [6.45, 7) is 48.2. The van der Waals surface area contributed by atoms with Crippen molar-refractivity contribution in [2.45, 2.75) is 340 Å². The minimum Gasteiger partial charge on any atom is -0.338 e. The molecule has 4 aliphatic heterocycles. The number of nitrogens with one attached hydrogen (secondary N) is 5. The predicted octanol–water partition coefficient (Wildman–Crippen LogP) is 13.2. The number of nitrogens with zero attached hydrogens (tertiary/aromatic N) is 6. The second kappa shape index (κ2) is 26.6. The molecule has 0 unspecified atom stereocenters. The summed E-state index contributed by atoms with van der Waals surface area (Å²) in [5.41, 5.74) is 0.691. The molecular weight excluding hydrogens is 919 g/mol. The van der Waals surface area contributed by atoms with Crippen LogP contribution >= 0.6 is 11.8 Å². The van der Waals surface area contributed by atoms with E-state index in [1.807, 2.05) is 11.8 Å². The second-order valence-electron chi connectivity index (χ2n) is 29.5. The third-order valence-corrected chi connectivity index (χ3v) is 17.6. The van der Waals surface area contributed by atoms with Gasteiger partial charge in [-0.25, -0.2) is 0 Å². The quantitative estimate of drug-likeness (QED) is 0.0389. The molecule has 73 heavy (non-hydrogen) atoms. The van der Waals surface area contributed by atoms with Gasteiger partial charge in [-0.1, -0.05) is 83.4 Å². The molecule has 0 aromatic carbocycles. The molecule has 1 aromatic rings. The van der Waals surface area contributed by atoms with Crippen molar-refractivity contribution in [1.29, 1.82) is 0 Å². The van der Waals surface area contributed by atoms with Gasteiger partial charge in [0.1, 0.15) is 0 Å². The van der Waals surface area contributed by atoms with Crippen LogP contribution in [0.5, 0.6) is 0 Å². The first kappa shape index (κ1) is 62.6. The van der Waals surface area contributed by atoms with Crippen molar-refractivity contribution in [3.8, 4) is 0 Å². The third kappa shape index (κ3) is 21.5. The van der Waals surface area contributed by atoms with E-state index in [0.717, 1.165) is 87.5 Å².